The number of hydrogen-bond donors (Lipinski definition) is 1. The van der Waals surface area contributed by atoms with Gasteiger partial charge >= 0.3 is 0 Å². The first-order valence-corrected chi connectivity index (χ1v) is 7.46. The van der Waals surface area contributed by atoms with Crippen molar-refractivity contribution in [1.29, 1.82) is 0 Å². The second-order valence-electron chi connectivity index (χ2n) is 5.09. The Morgan fingerprint density at radius 3 is 2.30 bits per heavy atom. The van der Waals surface area contributed by atoms with Gasteiger partial charge in [-0.3, -0.25) is 0 Å². The minimum atomic E-state index is 0.154. The van der Waals surface area contributed by atoms with E-state index in [1.165, 1.54) is 11.1 Å². The topological polar surface area (TPSA) is 12.0 Å². The van der Waals surface area contributed by atoms with Crippen molar-refractivity contribution in [3.8, 4) is 0 Å². The molecule has 2 aromatic carbocycles. The van der Waals surface area contributed by atoms with Crippen molar-refractivity contribution < 1.29 is 0 Å². The number of benzene rings is 2. The van der Waals surface area contributed by atoms with Crippen LogP contribution in [-0.2, 0) is 6.42 Å². The summed E-state index contributed by atoms with van der Waals surface area (Å²) >= 11 is 12.7. The fraction of sp³-hybridized carbons (Fsp3) is 0.294. The van der Waals surface area contributed by atoms with Gasteiger partial charge in [0.15, 0.2) is 0 Å². The van der Waals surface area contributed by atoms with Crippen LogP contribution in [0.4, 0.5) is 0 Å². The first-order chi connectivity index (χ1) is 9.52. The third-order valence-corrected chi connectivity index (χ3v) is 4.41. The minimum Gasteiger partial charge on any atom is -0.313 e. The predicted octanol–water partition coefficient (Wildman–Crippen LogP) is 5.11. The van der Waals surface area contributed by atoms with Crippen LogP contribution in [0.5, 0.6) is 0 Å². The van der Waals surface area contributed by atoms with Crippen molar-refractivity contribution in [2.45, 2.75) is 26.3 Å². The maximum Gasteiger partial charge on any atom is 0.0456 e. The molecule has 0 aliphatic carbocycles. The fourth-order valence-corrected chi connectivity index (χ4v) is 2.88. The van der Waals surface area contributed by atoms with Crippen LogP contribution >= 0.6 is 23.2 Å². The van der Waals surface area contributed by atoms with Gasteiger partial charge in [-0.1, -0.05) is 47.5 Å². The highest BCUT2D eigenvalue weighted by molar-refractivity contribution is 6.31. The molecule has 1 N–H and O–H groups in total. The molecule has 1 atom stereocenters. The second-order valence-corrected chi connectivity index (χ2v) is 5.91. The Kier molecular flexibility index (Phi) is 5.09. The maximum atomic E-state index is 6.41. The molecule has 0 radical (unpaired) electrons. The molecule has 0 aromatic heterocycles. The molecule has 1 unspecified atom stereocenters. The number of likely N-dealkylation sites (N-methyl/N-ethyl adjacent to an activating group) is 1. The highest BCUT2D eigenvalue weighted by Crippen LogP contribution is 2.30. The van der Waals surface area contributed by atoms with Gasteiger partial charge in [0.2, 0.25) is 0 Å². The van der Waals surface area contributed by atoms with Gasteiger partial charge in [0.05, 0.1) is 0 Å². The van der Waals surface area contributed by atoms with Gasteiger partial charge in [0, 0.05) is 16.1 Å². The van der Waals surface area contributed by atoms with Crippen molar-refractivity contribution in [2.75, 3.05) is 7.05 Å². The van der Waals surface area contributed by atoms with Gasteiger partial charge in [-0.05, 0) is 61.7 Å². The molecule has 0 aliphatic rings. The average molecular weight is 308 g/mol. The van der Waals surface area contributed by atoms with Crippen LogP contribution in [0.15, 0.2) is 36.4 Å². The number of aryl methyl sites for hydroxylation is 2. The lowest BCUT2D eigenvalue weighted by Crippen LogP contribution is -2.19. The zero-order chi connectivity index (χ0) is 14.7. The highest BCUT2D eigenvalue weighted by atomic mass is 35.5. The van der Waals surface area contributed by atoms with E-state index in [1.807, 2.05) is 31.3 Å². The van der Waals surface area contributed by atoms with Crippen LogP contribution < -0.4 is 5.32 Å². The van der Waals surface area contributed by atoms with E-state index in [4.69, 9.17) is 23.2 Å². The molecule has 1 nitrogen and oxygen atoms in total. The molecular formula is C17H19Cl2N. The molecule has 2 rings (SSSR count). The van der Waals surface area contributed by atoms with Gasteiger partial charge in [0.1, 0.15) is 0 Å². The summed E-state index contributed by atoms with van der Waals surface area (Å²) in [4.78, 5) is 0. The lowest BCUT2D eigenvalue weighted by Gasteiger charge is -2.20. The van der Waals surface area contributed by atoms with Crippen LogP contribution in [-0.4, -0.2) is 7.05 Å². The quantitative estimate of drug-likeness (QED) is 0.827. The van der Waals surface area contributed by atoms with E-state index in [0.717, 1.165) is 27.6 Å². The summed E-state index contributed by atoms with van der Waals surface area (Å²) in [6.07, 6.45) is 0.818. The third-order valence-electron chi connectivity index (χ3n) is 3.72. The fourth-order valence-electron chi connectivity index (χ4n) is 2.32. The van der Waals surface area contributed by atoms with Crippen LogP contribution in [0.25, 0.3) is 0 Å². The van der Waals surface area contributed by atoms with E-state index in [2.05, 4.69) is 31.3 Å². The minimum absolute atomic E-state index is 0.154. The second kappa shape index (κ2) is 6.62. The van der Waals surface area contributed by atoms with E-state index in [1.54, 1.807) is 0 Å². The summed E-state index contributed by atoms with van der Waals surface area (Å²) in [5.41, 5.74) is 4.72. The third kappa shape index (κ3) is 3.35. The van der Waals surface area contributed by atoms with Crippen LogP contribution in [0.1, 0.15) is 28.3 Å². The standard InChI is InChI=1S/C17H19Cl2N/c1-11-8-14(16(19)9-12(11)2)17(20-3)10-13-6-4-5-7-15(13)18/h4-9,17,20H,10H2,1-3H3. The van der Waals surface area contributed by atoms with Gasteiger partial charge in [-0.15, -0.1) is 0 Å². The average Bonchev–Trinajstić information content (AvgIpc) is 2.42. The Hall–Kier alpha value is -1.02. The van der Waals surface area contributed by atoms with E-state index < -0.39 is 0 Å². The van der Waals surface area contributed by atoms with Crippen LogP contribution in [0, 0.1) is 13.8 Å². The summed E-state index contributed by atoms with van der Waals surface area (Å²) < 4.78 is 0. The largest absolute Gasteiger partial charge is 0.313 e. The molecule has 0 bridgehead atoms. The summed E-state index contributed by atoms with van der Waals surface area (Å²) in [5, 5.41) is 4.94. The summed E-state index contributed by atoms with van der Waals surface area (Å²) in [7, 11) is 1.95. The predicted molar refractivity (Wildman–Crippen MR) is 87.9 cm³/mol. The van der Waals surface area contributed by atoms with Crippen molar-refractivity contribution in [1.82, 2.24) is 5.32 Å². The molecule has 0 saturated heterocycles. The van der Waals surface area contributed by atoms with Crippen LogP contribution in [0.3, 0.4) is 0 Å². The van der Waals surface area contributed by atoms with Gasteiger partial charge in [-0.25, -0.2) is 0 Å². The summed E-state index contributed by atoms with van der Waals surface area (Å²) in [6.45, 7) is 4.19. The Bertz CT molecular complexity index is 608. The zero-order valence-electron chi connectivity index (χ0n) is 12.0. The normalized spacial score (nSPS) is 12.4. The number of rotatable bonds is 4. The van der Waals surface area contributed by atoms with E-state index >= 15 is 0 Å². The zero-order valence-corrected chi connectivity index (χ0v) is 13.5. The molecule has 0 saturated carbocycles. The SMILES string of the molecule is CNC(Cc1ccccc1Cl)c1cc(C)c(C)cc1Cl. The monoisotopic (exact) mass is 307 g/mol. The van der Waals surface area contributed by atoms with Crippen LogP contribution in [0.2, 0.25) is 10.0 Å². The van der Waals surface area contributed by atoms with Crippen molar-refractivity contribution in [3.63, 3.8) is 0 Å². The molecular weight excluding hydrogens is 289 g/mol. The van der Waals surface area contributed by atoms with E-state index in [0.29, 0.717) is 0 Å². The Morgan fingerprint density at radius 1 is 1.00 bits per heavy atom. The van der Waals surface area contributed by atoms with Gasteiger partial charge in [0.25, 0.3) is 0 Å². The van der Waals surface area contributed by atoms with Crippen molar-refractivity contribution >= 4 is 23.2 Å². The molecule has 3 heteroatoms. The first-order valence-electron chi connectivity index (χ1n) is 6.70. The highest BCUT2D eigenvalue weighted by Gasteiger charge is 2.16. The molecule has 0 amide bonds. The Morgan fingerprint density at radius 2 is 1.65 bits per heavy atom. The smallest absolute Gasteiger partial charge is 0.0456 e. The molecule has 0 spiro atoms. The lowest BCUT2D eigenvalue weighted by atomic mass is 9.96. The number of nitrogens with one attached hydrogen (secondary N) is 1. The molecule has 0 heterocycles. The molecule has 0 fully saturated rings. The summed E-state index contributed by atoms with van der Waals surface area (Å²) in [5.74, 6) is 0. The first kappa shape index (κ1) is 15.4. The Balaban J connectivity index is 2.34. The van der Waals surface area contributed by atoms with Gasteiger partial charge in [-0.2, -0.15) is 0 Å². The van der Waals surface area contributed by atoms with Crippen molar-refractivity contribution in [3.05, 3.63) is 68.7 Å². The molecule has 106 valence electrons. The lowest BCUT2D eigenvalue weighted by molar-refractivity contribution is 0.592. The number of halogens is 2. The number of hydrogen-bond acceptors (Lipinski definition) is 1. The van der Waals surface area contributed by atoms with Crippen molar-refractivity contribution in [2.24, 2.45) is 0 Å². The van der Waals surface area contributed by atoms with Gasteiger partial charge < -0.3 is 5.32 Å². The molecule has 2 aromatic rings. The Labute approximate surface area is 130 Å². The molecule has 0 aliphatic heterocycles. The maximum absolute atomic E-state index is 6.41. The summed E-state index contributed by atoms with van der Waals surface area (Å²) in [6, 6.07) is 12.3. The molecule has 20 heavy (non-hydrogen) atoms. The van der Waals surface area contributed by atoms with E-state index in [9.17, 15) is 0 Å². The van der Waals surface area contributed by atoms with E-state index in [-0.39, 0.29) is 6.04 Å².